The lowest BCUT2D eigenvalue weighted by Gasteiger charge is -2.52. The normalized spacial score (nSPS) is 35.5. The van der Waals surface area contributed by atoms with Crippen molar-refractivity contribution in [3.63, 3.8) is 0 Å². The van der Waals surface area contributed by atoms with Crippen LogP contribution in [0.5, 0.6) is 0 Å². The molecule has 2 aliphatic heterocycles. The summed E-state index contributed by atoms with van der Waals surface area (Å²) >= 11 is 0. The monoisotopic (exact) mass is 326 g/mol. The molecule has 0 bridgehead atoms. The Hall–Kier alpha value is -0.160. The van der Waals surface area contributed by atoms with Gasteiger partial charge < -0.3 is 9.47 Å². The van der Waals surface area contributed by atoms with Crippen LogP contribution >= 0.6 is 0 Å². The van der Waals surface area contributed by atoms with Gasteiger partial charge in [0.2, 0.25) is 0 Å². The van der Waals surface area contributed by atoms with Crippen LogP contribution in [-0.4, -0.2) is 71.5 Å². The molecule has 1 unspecified atom stereocenters. The maximum Gasteiger partial charge on any atom is 0.0745 e. The Morgan fingerprint density at radius 2 is 1.39 bits per heavy atom. The van der Waals surface area contributed by atoms with Crippen molar-refractivity contribution in [1.82, 2.24) is 9.80 Å². The first-order chi connectivity index (χ1) is 10.5. The van der Waals surface area contributed by atoms with E-state index in [1.165, 1.54) is 0 Å². The molecule has 0 aromatic heterocycles. The van der Waals surface area contributed by atoms with Crippen LogP contribution in [0.2, 0.25) is 0 Å². The van der Waals surface area contributed by atoms with Gasteiger partial charge in [-0.3, -0.25) is 9.80 Å². The second-order valence-electron chi connectivity index (χ2n) is 9.04. The third kappa shape index (κ3) is 4.28. The first-order valence-corrected chi connectivity index (χ1v) is 9.31. The average Bonchev–Trinajstić information content (AvgIpc) is 2.42. The van der Waals surface area contributed by atoms with Gasteiger partial charge in [0.25, 0.3) is 0 Å². The summed E-state index contributed by atoms with van der Waals surface area (Å²) in [4.78, 5) is 5.22. The summed E-state index contributed by atoms with van der Waals surface area (Å²) in [5, 5.41) is 0. The lowest BCUT2D eigenvalue weighted by atomic mass is 9.87. The van der Waals surface area contributed by atoms with Crippen molar-refractivity contribution >= 4 is 0 Å². The molecule has 2 saturated heterocycles. The summed E-state index contributed by atoms with van der Waals surface area (Å²) in [6.45, 7) is 22.2. The van der Waals surface area contributed by atoms with E-state index >= 15 is 0 Å². The SMILES string of the molecule is C[C@H]1OCCN(C(C)(C)CC2OCCN(C(C)(C)C)[C@H]2C)[C@H]1C. The zero-order valence-corrected chi connectivity index (χ0v) is 16.6. The quantitative estimate of drug-likeness (QED) is 0.795. The van der Waals surface area contributed by atoms with Gasteiger partial charge in [0, 0.05) is 36.3 Å². The highest BCUT2D eigenvalue weighted by atomic mass is 16.5. The van der Waals surface area contributed by atoms with Crippen LogP contribution in [0.3, 0.4) is 0 Å². The molecule has 0 spiro atoms. The minimum absolute atomic E-state index is 0.122. The predicted octanol–water partition coefficient (Wildman–Crippen LogP) is 3.15. The molecule has 2 rings (SSSR count). The van der Waals surface area contributed by atoms with Gasteiger partial charge in [0.05, 0.1) is 25.4 Å². The molecule has 4 nitrogen and oxygen atoms in total. The van der Waals surface area contributed by atoms with Crippen LogP contribution in [-0.2, 0) is 9.47 Å². The molecule has 2 aliphatic rings. The number of hydrogen-bond acceptors (Lipinski definition) is 4. The maximum absolute atomic E-state index is 6.20. The fourth-order valence-electron chi connectivity index (χ4n) is 4.42. The molecule has 23 heavy (non-hydrogen) atoms. The number of morpholine rings is 2. The number of rotatable bonds is 3. The first kappa shape index (κ1) is 19.2. The van der Waals surface area contributed by atoms with Crippen LogP contribution in [0.25, 0.3) is 0 Å². The van der Waals surface area contributed by atoms with E-state index in [9.17, 15) is 0 Å². The summed E-state index contributed by atoms with van der Waals surface area (Å²) in [6, 6.07) is 0.910. The third-order valence-electron chi connectivity index (χ3n) is 5.92. The minimum Gasteiger partial charge on any atom is -0.376 e. The molecular formula is C19H38N2O2. The molecule has 4 atom stereocenters. The van der Waals surface area contributed by atoms with Gasteiger partial charge >= 0.3 is 0 Å². The van der Waals surface area contributed by atoms with Gasteiger partial charge in [-0.15, -0.1) is 0 Å². The van der Waals surface area contributed by atoms with Gasteiger partial charge in [-0.1, -0.05) is 0 Å². The Kier molecular flexibility index (Phi) is 5.82. The zero-order chi connectivity index (χ0) is 17.4. The molecule has 0 amide bonds. The van der Waals surface area contributed by atoms with Crippen LogP contribution in [0.15, 0.2) is 0 Å². The highest BCUT2D eigenvalue weighted by Gasteiger charge is 2.42. The zero-order valence-electron chi connectivity index (χ0n) is 16.6. The molecule has 0 aromatic carbocycles. The Morgan fingerprint density at radius 1 is 0.826 bits per heavy atom. The molecule has 136 valence electrons. The van der Waals surface area contributed by atoms with E-state index in [4.69, 9.17) is 9.47 Å². The smallest absolute Gasteiger partial charge is 0.0745 e. The first-order valence-electron chi connectivity index (χ1n) is 9.31. The van der Waals surface area contributed by atoms with Gasteiger partial charge in [0.15, 0.2) is 0 Å². The second-order valence-corrected chi connectivity index (χ2v) is 9.04. The largest absolute Gasteiger partial charge is 0.376 e. The molecule has 0 radical (unpaired) electrons. The van der Waals surface area contributed by atoms with Crippen molar-refractivity contribution in [2.24, 2.45) is 0 Å². The Labute approximate surface area is 143 Å². The van der Waals surface area contributed by atoms with Gasteiger partial charge in [-0.25, -0.2) is 0 Å². The molecular weight excluding hydrogens is 288 g/mol. The summed E-state index contributed by atoms with van der Waals surface area (Å²) < 4.78 is 12.0. The van der Waals surface area contributed by atoms with Gasteiger partial charge in [-0.2, -0.15) is 0 Å². The third-order valence-corrected chi connectivity index (χ3v) is 5.92. The van der Waals surface area contributed by atoms with Crippen molar-refractivity contribution < 1.29 is 9.47 Å². The topological polar surface area (TPSA) is 24.9 Å². The molecule has 0 N–H and O–H groups in total. The van der Waals surface area contributed by atoms with E-state index in [-0.39, 0.29) is 11.1 Å². The standard InChI is InChI=1S/C19H38N2O2/c1-14-16(3)22-11-10-21(14)19(7,8)13-17-15(2)20(9-12-23-17)18(4,5)6/h14-17H,9-13H2,1-8H3/t14-,15-,16+,17?/m0/s1. The summed E-state index contributed by atoms with van der Waals surface area (Å²) in [5.74, 6) is 0. The summed E-state index contributed by atoms with van der Waals surface area (Å²) in [5.41, 5.74) is 0.323. The van der Waals surface area contributed by atoms with E-state index in [2.05, 4.69) is 65.2 Å². The Balaban J connectivity index is 2.07. The van der Waals surface area contributed by atoms with Crippen molar-refractivity contribution in [2.45, 2.75) is 97.2 Å². The van der Waals surface area contributed by atoms with Crippen molar-refractivity contribution in [2.75, 3.05) is 26.3 Å². The maximum atomic E-state index is 6.20. The minimum atomic E-state index is 0.122. The van der Waals surface area contributed by atoms with E-state index in [1.54, 1.807) is 0 Å². The average molecular weight is 327 g/mol. The van der Waals surface area contributed by atoms with E-state index in [0.717, 1.165) is 32.7 Å². The van der Waals surface area contributed by atoms with E-state index in [0.29, 0.717) is 24.3 Å². The van der Waals surface area contributed by atoms with Crippen LogP contribution in [0, 0.1) is 0 Å². The predicted molar refractivity (Wildman–Crippen MR) is 95.9 cm³/mol. The number of nitrogens with zero attached hydrogens (tertiary/aromatic N) is 2. The molecule has 2 heterocycles. The van der Waals surface area contributed by atoms with Crippen molar-refractivity contribution in [3.8, 4) is 0 Å². The Bertz CT molecular complexity index is 391. The Morgan fingerprint density at radius 3 is 2.00 bits per heavy atom. The van der Waals surface area contributed by atoms with Crippen molar-refractivity contribution in [1.29, 1.82) is 0 Å². The van der Waals surface area contributed by atoms with Crippen LogP contribution in [0.4, 0.5) is 0 Å². The van der Waals surface area contributed by atoms with Crippen molar-refractivity contribution in [3.05, 3.63) is 0 Å². The lowest BCUT2D eigenvalue weighted by Crippen LogP contribution is -2.62. The van der Waals surface area contributed by atoms with Crippen LogP contribution in [0.1, 0.15) is 61.8 Å². The fraction of sp³-hybridized carbons (Fsp3) is 1.00. The summed E-state index contributed by atoms with van der Waals surface area (Å²) in [7, 11) is 0. The van der Waals surface area contributed by atoms with Gasteiger partial charge in [-0.05, 0) is 61.8 Å². The molecule has 0 aliphatic carbocycles. The number of hydrogen-bond donors (Lipinski definition) is 0. The van der Waals surface area contributed by atoms with E-state index in [1.807, 2.05) is 0 Å². The van der Waals surface area contributed by atoms with Crippen LogP contribution < -0.4 is 0 Å². The number of ether oxygens (including phenoxy) is 2. The summed E-state index contributed by atoms with van der Waals surface area (Å²) in [6.07, 6.45) is 1.67. The second kappa shape index (κ2) is 6.99. The highest BCUT2D eigenvalue weighted by Crippen LogP contribution is 2.32. The highest BCUT2D eigenvalue weighted by molar-refractivity contribution is 4.96. The molecule has 2 fully saturated rings. The molecule has 0 saturated carbocycles. The molecule has 0 aromatic rings. The lowest BCUT2D eigenvalue weighted by molar-refractivity contribution is -0.133. The van der Waals surface area contributed by atoms with Gasteiger partial charge in [0.1, 0.15) is 0 Å². The fourth-order valence-corrected chi connectivity index (χ4v) is 4.42. The molecule has 4 heteroatoms. The van der Waals surface area contributed by atoms with E-state index < -0.39 is 0 Å².